The molecule has 2 N–H and O–H groups in total. The molecule has 0 fully saturated rings. The maximum absolute atomic E-state index is 5.24. The van der Waals surface area contributed by atoms with Gasteiger partial charge >= 0.3 is 0 Å². The van der Waals surface area contributed by atoms with Gasteiger partial charge in [-0.3, -0.25) is 0 Å². The number of nitrogens with zero attached hydrogens (tertiary/aromatic N) is 2. The Morgan fingerprint density at radius 3 is 2.75 bits per heavy atom. The predicted octanol–water partition coefficient (Wildman–Crippen LogP) is 0.683. The maximum Gasteiger partial charge on any atom is 0.232 e. The molecule has 0 atom stereocenters. The quantitative estimate of drug-likeness (QED) is 0.606. The molecular weight excluding hydrogens is 122 g/mol. The zero-order valence-electron chi connectivity index (χ0n) is 4.59. The van der Waals surface area contributed by atoms with Gasteiger partial charge in [-0.15, -0.1) is 0 Å². The SMILES string of the molecule is CCc1nc(N)ns1. The van der Waals surface area contributed by atoms with Gasteiger partial charge < -0.3 is 5.73 Å². The third-order valence-corrected chi connectivity index (χ3v) is 1.66. The third kappa shape index (κ3) is 0.949. The fraction of sp³-hybridized carbons (Fsp3) is 0.500. The second-order valence-electron chi connectivity index (χ2n) is 1.40. The smallest absolute Gasteiger partial charge is 0.232 e. The molecule has 0 saturated carbocycles. The van der Waals surface area contributed by atoms with E-state index in [0.29, 0.717) is 5.95 Å². The first kappa shape index (κ1) is 5.50. The van der Waals surface area contributed by atoms with Gasteiger partial charge in [0.25, 0.3) is 0 Å². The van der Waals surface area contributed by atoms with Crippen molar-refractivity contribution in [3.63, 3.8) is 0 Å². The summed E-state index contributed by atoms with van der Waals surface area (Å²) in [7, 11) is 0. The van der Waals surface area contributed by atoms with Crippen LogP contribution >= 0.6 is 11.5 Å². The van der Waals surface area contributed by atoms with Gasteiger partial charge in [-0.2, -0.15) is 4.37 Å². The zero-order chi connectivity index (χ0) is 5.98. The highest BCUT2D eigenvalue weighted by molar-refractivity contribution is 7.05. The van der Waals surface area contributed by atoms with Gasteiger partial charge in [-0.05, 0) is 18.0 Å². The summed E-state index contributed by atoms with van der Waals surface area (Å²) in [6.45, 7) is 2.03. The van der Waals surface area contributed by atoms with Crippen molar-refractivity contribution in [2.45, 2.75) is 13.3 Å². The van der Waals surface area contributed by atoms with E-state index in [4.69, 9.17) is 5.73 Å². The summed E-state index contributed by atoms with van der Waals surface area (Å²) < 4.78 is 3.80. The Morgan fingerprint density at radius 1 is 1.75 bits per heavy atom. The Balaban J connectivity index is 2.84. The first-order chi connectivity index (χ1) is 3.83. The summed E-state index contributed by atoms with van der Waals surface area (Å²) in [6.07, 6.45) is 0.925. The van der Waals surface area contributed by atoms with Crippen LogP contribution in [-0.4, -0.2) is 9.36 Å². The summed E-state index contributed by atoms with van der Waals surface area (Å²) in [5, 5.41) is 1.00. The van der Waals surface area contributed by atoms with E-state index in [1.807, 2.05) is 6.92 Å². The molecular formula is C4H7N3S. The number of aryl methyl sites for hydroxylation is 1. The average Bonchev–Trinajstić information content (AvgIpc) is 2.14. The number of nitrogens with two attached hydrogens (primary N) is 1. The average molecular weight is 129 g/mol. The highest BCUT2D eigenvalue weighted by Crippen LogP contribution is 2.04. The van der Waals surface area contributed by atoms with E-state index in [9.17, 15) is 0 Å². The molecule has 0 aliphatic carbocycles. The van der Waals surface area contributed by atoms with Crippen molar-refractivity contribution in [3.05, 3.63) is 5.01 Å². The van der Waals surface area contributed by atoms with Gasteiger partial charge in [0.2, 0.25) is 5.95 Å². The Kier molecular flexibility index (Phi) is 1.43. The summed E-state index contributed by atoms with van der Waals surface area (Å²) in [5.41, 5.74) is 5.24. The lowest BCUT2D eigenvalue weighted by atomic mass is 10.5. The summed E-state index contributed by atoms with van der Waals surface area (Å²) >= 11 is 1.36. The number of nitrogen functional groups attached to an aromatic ring is 1. The Bertz CT molecular complexity index is 172. The van der Waals surface area contributed by atoms with Crippen molar-refractivity contribution in [2.75, 3.05) is 5.73 Å². The van der Waals surface area contributed by atoms with Gasteiger partial charge in [0, 0.05) is 0 Å². The Hall–Kier alpha value is -0.640. The van der Waals surface area contributed by atoms with Gasteiger partial charge in [0.15, 0.2) is 0 Å². The van der Waals surface area contributed by atoms with E-state index in [1.54, 1.807) is 0 Å². The van der Waals surface area contributed by atoms with E-state index in [0.717, 1.165) is 11.4 Å². The first-order valence-corrected chi connectivity index (χ1v) is 3.18. The molecule has 0 bridgehead atoms. The molecule has 3 nitrogen and oxygen atoms in total. The molecule has 0 unspecified atom stereocenters. The molecule has 0 amide bonds. The van der Waals surface area contributed by atoms with Crippen LogP contribution in [-0.2, 0) is 6.42 Å². The molecule has 1 aromatic heterocycles. The minimum atomic E-state index is 0.395. The van der Waals surface area contributed by atoms with Crippen LogP contribution in [0.1, 0.15) is 11.9 Å². The van der Waals surface area contributed by atoms with Crippen LogP contribution in [0.25, 0.3) is 0 Å². The van der Waals surface area contributed by atoms with Crippen molar-refractivity contribution >= 4 is 17.5 Å². The molecule has 0 spiro atoms. The van der Waals surface area contributed by atoms with Crippen molar-refractivity contribution in [2.24, 2.45) is 0 Å². The molecule has 1 rings (SSSR count). The maximum atomic E-state index is 5.24. The van der Waals surface area contributed by atoms with Gasteiger partial charge in [-0.1, -0.05) is 6.92 Å². The lowest BCUT2D eigenvalue weighted by Crippen LogP contribution is -1.85. The van der Waals surface area contributed by atoms with E-state index >= 15 is 0 Å². The standard InChI is InChI=1S/C4H7N3S/c1-2-3-6-4(5)7-8-3/h2H2,1H3,(H2,5,7). The highest BCUT2D eigenvalue weighted by Gasteiger charge is 1.93. The van der Waals surface area contributed by atoms with E-state index in [2.05, 4.69) is 9.36 Å². The predicted molar refractivity (Wildman–Crippen MR) is 33.7 cm³/mol. The molecule has 0 aliphatic rings. The highest BCUT2D eigenvalue weighted by atomic mass is 32.1. The lowest BCUT2D eigenvalue weighted by Gasteiger charge is -1.76. The van der Waals surface area contributed by atoms with E-state index in [1.165, 1.54) is 11.5 Å². The molecule has 44 valence electrons. The molecule has 0 aliphatic heterocycles. The van der Waals surface area contributed by atoms with Gasteiger partial charge in [0.05, 0.1) is 0 Å². The van der Waals surface area contributed by atoms with Crippen LogP contribution in [0.2, 0.25) is 0 Å². The number of aromatic nitrogens is 2. The minimum absolute atomic E-state index is 0.395. The number of hydrogen-bond donors (Lipinski definition) is 1. The zero-order valence-corrected chi connectivity index (χ0v) is 5.40. The van der Waals surface area contributed by atoms with Crippen molar-refractivity contribution in [1.82, 2.24) is 9.36 Å². The molecule has 0 saturated heterocycles. The largest absolute Gasteiger partial charge is 0.367 e. The summed E-state index contributed by atoms with van der Waals surface area (Å²) in [4.78, 5) is 3.91. The van der Waals surface area contributed by atoms with Gasteiger partial charge in [-0.25, -0.2) is 4.98 Å². The molecule has 0 radical (unpaired) electrons. The Labute approximate surface area is 51.7 Å². The Morgan fingerprint density at radius 2 is 2.50 bits per heavy atom. The normalized spacial score (nSPS) is 9.62. The topological polar surface area (TPSA) is 51.8 Å². The number of hydrogen-bond acceptors (Lipinski definition) is 4. The fourth-order valence-corrected chi connectivity index (χ4v) is 0.915. The summed E-state index contributed by atoms with van der Waals surface area (Å²) in [6, 6.07) is 0. The van der Waals surface area contributed by atoms with Crippen LogP contribution in [0.5, 0.6) is 0 Å². The van der Waals surface area contributed by atoms with Gasteiger partial charge in [0.1, 0.15) is 5.01 Å². The first-order valence-electron chi connectivity index (χ1n) is 2.41. The third-order valence-electron chi connectivity index (χ3n) is 0.786. The number of anilines is 1. The van der Waals surface area contributed by atoms with Crippen molar-refractivity contribution < 1.29 is 0 Å². The summed E-state index contributed by atoms with van der Waals surface area (Å²) in [5.74, 6) is 0.395. The van der Waals surface area contributed by atoms with Crippen LogP contribution in [0.3, 0.4) is 0 Å². The molecule has 1 aromatic rings. The van der Waals surface area contributed by atoms with Crippen LogP contribution in [0, 0.1) is 0 Å². The van der Waals surface area contributed by atoms with Crippen LogP contribution in [0.15, 0.2) is 0 Å². The van der Waals surface area contributed by atoms with Crippen molar-refractivity contribution in [3.8, 4) is 0 Å². The minimum Gasteiger partial charge on any atom is -0.367 e. The molecule has 8 heavy (non-hydrogen) atoms. The van der Waals surface area contributed by atoms with E-state index in [-0.39, 0.29) is 0 Å². The fourth-order valence-electron chi connectivity index (χ4n) is 0.412. The molecule has 4 heteroatoms. The van der Waals surface area contributed by atoms with Crippen molar-refractivity contribution in [1.29, 1.82) is 0 Å². The van der Waals surface area contributed by atoms with Crippen LogP contribution in [0.4, 0.5) is 5.95 Å². The second-order valence-corrected chi connectivity index (χ2v) is 2.24. The molecule has 1 heterocycles. The van der Waals surface area contributed by atoms with Crippen LogP contribution < -0.4 is 5.73 Å². The monoisotopic (exact) mass is 129 g/mol. The second kappa shape index (κ2) is 2.09. The molecule has 0 aromatic carbocycles. The number of rotatable bonds is 1. The van der Waals surface area contributed by atoms with E-state index < -0.39 is 0 Å². The lowest BCUT2D eigenvalue weighted by molar-refractivity contribution is 1.09.